The van der Waals surface area contributed by atoms with Crippen LogP contribution in [0.25, 0.3) is 0 Å². The van der Waals surface area contributed by atoms with Crippen molar-refractivity contribution in [2.45, 2.75) is 43.9 Å². The molecular formula is C13H18N2O4. The number of nitrogens with zero attached hydrogens (tertiary/aromatic N) is 2. The van der Waals surface area contributed by atoms with Crippen LogP contribution >= 0.6 is 0 Å². The fraction of sp³-hybridized carbons (Fsp3) is 0.769. The summed E-state index contributed by atoms with van der Waals surface area (Å²) in [6.07, 6.45) is 4.42. The maximum absolute atomic E-state index is 11.3. The van der Waals surface area contributed by atoms with Crippen LogP contribution in [0.15, 0.2) is 4.52 Å². The highest BCUT2D eigenvalue weighted by atomic mass is 16.5. The second-order valence-corrected chi connectivity index (χ2v) is 5.39. The molecule has 2 aliphatic rings. The standard InChI is InChI=1S/C13H18N2O4/c16-13(17)10-4-2-1-3-9(10)12-14-11(15-19-12)8-5-6-18-7-8/h8-10H,1-7H2,(H,16,17). The molecule has 3 rings (SSSR count). The first kappa shape index (κ1) is 12.6. The van der Waals surface area contributed by atoms with E-state index in [-0.39, 0.29) is 17.8 Å². The lowest BCUT2D eigenvalue weighted by molar-refractivity contribution is -0.143. The first-order chi connectivity index (χ1) is 9.25. The van der Waals surface area contributed by atoms with E-state index in [0.717, 1.165) is 32.3 Å². The molecule has 1 aromatic heterocycles. The molecule has 1 N–H and O–H groups in total. The highest BCUT2D eigenvalue weighted by Gasteiger charge is 2.36. The molecular weight excluding hydrogens is 248 g/mol. The maximum Gasteiger partial charge on any atom is 0.307 e. The van der Waals surface area contributed by atoms with Crippen molar-refractivity contribution in [2.24, 2.45) is 5.92 Å². The molecule has 0 spiro atoms. The zero-order valence-electron chi connectivity index (χ0n) is 10.7. The van der Waals surface area contributed by atoms with E-state index in [2.05, 4.69) is 10.1 Å². The summed E-state index contributed by atoms with van der Waals surface area (Å²) in [4.78, 5) is 15.7. The Hall–Kier alpha value is -1.43. The Labute approximate surface area is 111 Å². The Morgan fingerprint density at radius 1 is 1.26 bits per heavy atom. The van der Waals surface area contributed by atoms with E-state index in [0.29, 0.717) is 24.7 Å². The molecule has 0 bridgehead atoms. The van der Waals surface area contributed by atoms with Crippen molar-refractivity contribution < 1.29 is 19.2 Å². The molecule has 0 amide bonds. The zero-order chi connectivity index (χ0) is 13.2. The van der Waals surface area contributed by atoms with Gasteiger partial charge in [0, 0.05) is 12.5 Å². The van der Waals surface area contributed by atoms with Gasteiger partial charge in [0.1, 0.15) is 0 Å². The summed E-state index contributed by atoms with van der Waals surface area (Å²) in [5, 5.41) is 13.3. The smallest absolute Gasteiger partial charge is 0.307 e. The maximum atomic E-state index is 11.3. The molecule has 3 atom stereocenters. The van der Waals surface area contributed by atoms with E-state index < -0.39 is 5.97 Å². The quantitative estimate of drug-likeness (QED) is 0.899. The second kappa shape index (κ2) is 5.28. The first-order valence-electron chi connectivity index (χ1n) is 6.89. The highest BCUT2D eigenvalue weighted by Crippen LogP contribution is 2.37. The fourth-order valence-electron chi connectivity index (χ4n) is 3.02. The van der Waals surface area contributed by atoms with Crippen molar-refractivity contribution in [3.63, 3.8) is 0 Å². The van der Waals surface area contributed by atoms with Crippen LogP contribution in [0, 0.1) is 5.92 Å². The Kier molecular flexibility index (Phi) is 3.50. The van der Waals surface area contributed by atoms with Crippen LogP contribution in [0.4, 0.5) is 0 Å². The molecule has 6 heteroatoms. The van der Waals surface area contributed by atoms with E-state index in [1.54, 1.807) is 0 Å². The number of ether oxygens (including phenoxy) is 1. The molecule has 0 radical (unpaired) electrons. The minimum absolute atomic E-state index is 0.130. The van der Waals surface area contributed by atoms with E-state index in [1.807, 2.05) is 0 Å². The third-order valence-electron chi connectivity index (χ3n) is 4.15. The molecule has 2 heterocycles. The van der Waals surface area contributed by atoms with Gasteiger partial charge < -0.3 is 14.4 Å². The van der Waals surface area contributed by atoms with Crippen molar-refractivity contribution in [3.05, 3.63) is 11.7 Å². The van der Waals surface area contributed by atoms with Gasteiger partial charge in [0.15, 0.2) is 5.82 Å². The second-order valence-electron chi connectivity index (χ2n) is 5.39. The topological polar surface area (TPSA) is 85.5 Å². The summed E-state index contributed by atoms with van der Waals surface area (Å²) in [5.74, 6) is 0.0888. The predicted octanol–water partition coefficient (Wildman–Crippen LogP) is 1.93. The summed E-state index contributed by atoms with van der Waals surface area (Å²) >= 11 is 0. The van der Waals surface area contributed by atoms with Crippen molar-refractivity contribution in [1.82, 2.24) is 10.1 Å². The number of carboxylic acids is 1. The van der Waals surface area contributed by atoms with Gasteiger partial charge in [0.05, 0.1) is 18.4 Å². The molecule has 6 nitrogen and oxygen atoms in total. The Balaban J connectivity index is 1.78. The number of hydrogen-bond donors (Lipinski definition) is 1. The number of aromatic nitrogens is 2. The summed E-state index contributed by atoms with van der Waals surface area (Å²) in [5.41, 5.74) is 0. The lowest BCUT2D eigenvalue weighted by Gasteiger charge is -2.25. The van der Waals surface area contributed by atoms with Gasteiger partial charge in [-0.3, -0.25) is 4.79 Å². The number of hydrogen-bond acceptors (Lipinski definition) is 5. The third kappa shape index (κ3) is 2.49. The van der Waals surface area contributed by atoms with Gasteiger partial charge in [-0.1, -0.05) is 18.0 Å². The molecule has 0 aromatic carbocycles. The van der Waals surface area contributed by atoms with Gasteiger partial charge >= 0.3 is 5.97 Å². The van der Waals surface area contributed by atoms with Crippen LogP contribution in [0.1, 0.15) is 55.7 Å². The summed E-state index contributed by atoms with van der Waals surface area (Å²) in [6, 6.07) is 0. The molecule has 2 fully saturated rings. The number of carboxylic acid groups (broad SMARTS) is 1. The van der Waals surface area contributed by atoms with Crippen LogP contribution in [-0.4, -0.2) is 34.4 Å². The van der Waals surface area contributed by atoms with Crippen LogP contribution in [0.2, 0.25) is 0 Å². The summed E-state index contributed by atoms with van der Waals surface area (Å²) in [7, 11) is 0. The molecule has 1 aliphatic heterocycles. The lowest BCUT2D eigenvalue weighted by Crippen LogP contribution is -2.25. The largest absolute Gasteiger partial charge is 0.481 e. The molecule has 104 valence electrons. The fourth-order valence-corrected chi connectivity index (χ4v) is 3.02. The van der Waals surface area contributed by atoms with Crippen LogP contribution < -0.4 is 0 Å². The van der Waals surface area contributed by atoms with Gasteiger partial charge in [-0.15, -0.1) is 0 Å². The molecule has 1 saturated heterocycles. The molecule has 1 aliphatic carbocycles. The normalized spacial score (nSPS) is 31.5. The minimum Gasteiger partial charge on any atom is -0.481 e. The van der Waals surface area contributed by atoms with Crippen molar-refractivity contribution in [3.8, 4) is 0 Å². The zero-order valence-corrected chi connectivity index (χ0v) is 10.7. The summed E-state index contributed by atoms with van der Waals surface area (Å²) < 4.78 is 10.6. The van der Waals surface area contributed by atoms with Crippen LogP contribution in [0.5, 0.6) is 0 Å². The van der Waals surface area contributed by atoms with E-state index in [1.165, 1.54) is 0 Å². The van der Waals surface area contributed by atoms with Crippen molar-refractivity contribution in [1.29, 1.82) is 0 Å². The molecule has 3 unspecified atom stereocenters. The number of rotatable bonds is 3. The van der Waals surface area contributed by atoms with E-state index >= 15 is 0 Å². The first-order valence-corrected chi connectivity index (χ1v) is 6.89. The predicted molar refractivity (Wildman–Crippen MR) is 64.8 cm³/mol. The van der Waals surface area contributed by atoms with Gasteiger partial charge in [0.2, 0.25) is 5.89 Å². The Morgan fingerprint density at radius 3 is 2.84 bits per heavy atom. The van der Waals surface area contributed by atoms with Crippen molar-refractivity contribution >= 4 is 5.97 Å². The molecule has 19 heavy (non-hydrogen) atoms. The number of aliphatic carboxylic acids is 1. The van der Waals surface area contributed by atoms with Crippen molar-refractivity contribution in [2.75, 3.05) is 13.2 Å². The Bertz CT molecular complexity index is 453. The van der Waals surface area contributed by atoms with Gasteiger partial charge in [-0.25, -0.2) is 0 Å². The van der Waals surface area contributed by atoms with E-state index in [9.17, 15) is 9.90 Å². The monoisotopic (exact) mass is 266 g/mol. The van der Waals surface area contributed by atoms with E-state index in [4.69, 9.17) is 9.26 Å². The average Bonchev–Trinajstić information content (AvgIpc) is 3.09. The van der Waals surface area contributed by atoms with Gasteiger partial charge in [-0.2, -0.15) is 4.98 Å². The van der Waals surface area contributed by atoms with Crippen LogP contribution in [-0.2, 0) is 9.53 Å². The SMILES string of the molecule is O=C(O)C1CCCCC1c1nc(C2CCOC2)no1. The third-order valence-corrected chi connectivity index (χ3v) is 4.15. The number of carbonyl (C=O) groups is 1. The Morgan fingerprint density at radius 2 is 2.11 bits per heavy atom. The van der Waals surface area contributed by atoms with Gasteiger partial charge in [0.25, 0.3) is 0 Å². The lowest BCUT2D eigenvalue weighted by atomic mass is 9.79. The van der Waals surface area contributed by atoms with Crippen LogP contribution in [0.3, 0.4) is 0 Å². The average molecular weight is 266 g/mol. The molecule has 1 aromatic rings. The summed E-state index contributed by atoms with van der Waals surface area (Å²) in [6.45, 7) is 1.36. The minimum atomic E-state index is -0.756. The highest BCUT2D eigenvalue weighted by molar-refractivity contribution is 5.71. The molecule has 1 saturated carbocycles. The van der Waals surface area contributed by atoms with Gasteiger partial charge in [-0.05, 0) is 19.3 Å².